The molecule has 0 saturated heterocycles. The summed E-state index contributed by atoms with van der Waals surface area (Å²) < 4.78 is 1.96. The van der Waals surface area contributed by atoms with Gasteiger partial charge in [0.05, 0.1) is 23.8 Å². The van der Waals surface area contributed by atoms with Crippen molar-refractivity contribution in [2.45, 2.75) is 20.3 Å². The normalized spacial score (nSPS) is 10.4. The summed E-state index contributed by atoms with van der Waals surface area (Å²) in [7, 11) is 0. The van der Waals surface area contributed by atoms with Gasteiger partial charge in [-0.3, -0.25) is 4.57 Å². The number of nitrogens with one attached hydrogen (secondary N) is 1. The van der Waals surface area contributed by atoms with Crippen molar-refractivity contribution < 1.29 is 0 Å². The Morgan fingerprint density at radius 2 is 2.06 bits per heavy atom. The van der Waals surface area contributed by atoms with Crippen LogP contribution in [-0.2, 0) is 0 Å². The maximum atomic E-state index is 4.42. The highest BCUT2D eigenvalue weighted by atomic mass is 15.2. The van der Waals surface area contributed by atoms with Gasteiger partial charge in [0.25, 0.3) is 0 Å². The van der Waals surface area contributed by atoms with Gasteiger partial charge in [-0.1, -0.05) is 6.92 Å². The minimum Gasteiger partial charge on any atom is -0.355 e. The first-order chi connectivity index (χ1) is 7.81. The maximum absolute atomic E-state index is 4.42. The van der Waals surface area contributed by atoms with Crippen LogP contribution in [0.15, 0.2) is 24.9 Å². The van der Waals surface area contributed by atoms with E-state index in [1.807, 2.05) is 17.7 Å². The van der Waals surface area contributed by atoms with Crippen molar-refractivity contribution >= 4 is 5.95 Å². The molecule has 1 N–H and O–H groups in total. The molecule has 0 spiro atoms. The largest absolute Gasteiger partial charge is 0.355 e. The van der Waals surface area contributed by atoms with E-state index >= 15 is 0 Å². The first-order valence-corrected chi connectivity index (χ1v) is 5.36. The highest BCUT2D eigenvalue weighted by Gasteiger charge is 2.06. The van der Waals surface area contributed by atoms with Gasteiger partial charge < -0.3 is 5.32 Å². The van der Waals surface area contributed by atoms with Gasteiger partial charge in [0.15, 0.2) is 0 Å². The molecule has 0 fully saturated rings. The van der Waals surface area contributed by atoms with Crippen LogP contribution < -0.4 is 5.32 Å². The highest BCUT2D eigenvalue weighted by molar-refractivity contribution is 5.40. The number of nitrogens with zero attached hydrogens (tertiary/aromatic N) is 4. The molecule has 0 aliphatic carbocycles. The number of hydrogen-bond acceptors (Lipinski definition) is 4. The van der Waals surface area contributed by atoms with Crippen LogP contribution in [-0.4, -0.2) is 26.1 Å². The van der Waals surface area contributed by atoms with Gasteiger partial charge in [0.2, 0.25) is 5.95 Å². The molecule has 0 aliphatic heterocycles. The molecule has 16 heavy (non-hydrogen) atoms. The number of aromatic nitrogens is 4. The third kappa shape index (κ3) is 2.18. The van der Waals surface area contributed by atoms with Crippen LogP contribution in [0.25, 0.3) is 5.69 Å². The monoisotopic (exact) mass is 217 g/mol. The smallest absolute Gasteiger partial charge is 0.207 e. The van der Waals surface area contributed by atoms with E-state index in [-0.39, 0.29) is 0 Å². The average molecular weight is 217 g/mol. The van der Waals surface area contributed by atoms with Crippen molar-refractivity contribution in [3.8, 4) is 5.69 Å². The summed E-state index contributed by atoms with van der Waals surface area (Å²) in [6.07, 6.45) is 8.09. The van der Waals surface area contributed by atoms with Gasteiger partial charge in [-0.15, -0.1) is 0 Å². The van der Waals surface area contributed by atoms with Crippen molar-refractivity contribution in [3.05, 3.63) is 30.6 Å². The predicted octanol–water partition coefficient (Wildman–Crippen LogP) is 1.79. The Kier molecular flexibility index (Phi) is 3.14. The van der Waals surface area contributed by atoms with Gasteiger partial charge >= 0.3 is 0 Å². The molecule has 5 nitrogen and oxygen atoms in total. The van der Waals surface area contributed by atoms with Crippen LogP contribution in [0.1, 0.15) is 19.0 Å². The molecule has 2 heterocycles. The van der Waals surface area contributed by atoms with Crippen LogP contribution in [0.3, 0.4) is 0 Å². The maximum Gasteiger partial charge on any atom is 0.207 e. The Hall–Kier alpha value is -1.91. The molecule has 2 aromatic heterocycles. The molecule has 0 aliphatic rings. The second-order valence-corrected chi connectivity index (χ2v) is 3.60. The molecule has 2 rings (SSSR count). The number of hydrogen-bond donors (Lipinski definition) is 1. The van der Waals surface area contributed by atoms with E-state index in [0.29, 0.717) is 0 Å². The summed E-state index contributed by atoms with van der Waals surface area (Å²) >= 11 is 0. The number of anilines is 1. The molecule has 0 unspecified atom stereocenters. The third-order valence-electron chi connectivity index (χ3n) is 2.18. The second-order valence-electron chi connectivity index (χ2n) is 3.60. The average Bonchev–Trinajstić information content (AvgIpc) is 2.69. The Morgan fingerprint density at radius 3 is 2.75 bits per heavy atom. The summed E-state index contributed by atoms with van der Waals surface area (Å²) in [5.41, 5.74) is 1.89. The van der Waals surface area contributed by atoms with Crippen LogP contribution in [0, 0.1) is 6.92 Å². The number of aryl methyl sites for hydroxylation is 1. The predicted molar refractivity (Wildman–Crippen MR) is 62.7 cm³/mol. The quantitative estimate of drug-likeness (QED) is 0.848. The molecule has 0 atom stereocenters. The third-order valence-corrected chi connectivity index (χ3v) is 2.18. The van der Waals surface area contributed by atoms with Gasteiger partial charge in [-0.2, -0.15) is 0 Å². The zero-order valence-corrected chi connectivity index (χ0v) is 9.51. The summed E-state index contributed by atoms with van der Waals surface area (Å²) in [6, 6.07) is 0. The number of imidazole rings is 1. The molecule has 0 amide bonds. The number of rotatable bonds is 4. The molecular weight excluding hydrogens is 202 g/mol. The molecule has 84 valence electrons. The lowest BCUT2D eigenvalue weighted by Gasteiger charge is -2.07. The second kappa shape index (κ2) is 4.74. The van der Waals surface area contributed by atoms with Gasteiger partial charge in [-0.05, 0) is 13.3 Å². The molecule has 0 aromatic carbocycles. The lowest BCUT2D eigenvalue weighted by molar-refractivity contribution is 0.929. The van der Waals surface area contributed by atoms with Crippen LogP contribution in [0.4, 0.5) is 5.95 Å². The zero-order chi connectivity index (χ0) is 11.4. The van der Waals surface area contributed by atoms with Gasteiger partial charge in [-0.25, -0.2) is 15.0 Å². The van der Waals surface area contributed by atoms with E-state index in [4.69, 9.17) is 0 Å². The van der Waals surface area contributed by atoms with Gasteiger partial charge in [0, 0.05) is 12.7 Å². The van der Waals surface area contributed by atoms with Crippen molar-refractivity contribution in [2.24, 2.45) is 0 Å². The van der Waals surface area contributed by atoms with E-state index in [0.717, 1.165) is 30.3 Å². The molecule has 0 bridgehead atoms. The molecule has 0 radical (unpaired) electrons. The van der Waals surface area contributed by atoms with Crippen molar-refractivity contribution in [1.82, 2.24) is 19.5 Å². The Morgan fingerprint density at radius 1 is 1.31 bits per heavy atom. The minimum absolute atomic E-state index is 0.842. The van der Waals surface area contributed by atoms with Crippen LogP contribution in [0.2, 0.25) is 0 Å². The standard InChI is InChI=1S/C11H15N5/c1-3-4-14-11-15-9(2)7-16(11)10-5-12-8-13-6-10/h5-8H,3-4H2,1-2H3,(H,14,15). The van der Waals surface area contributed by atoms with Crippen molar-refractivity contribution in [3.63, 3.8) is 0 Å². The van der Waals surface area contributed by atoms with Crippen LogP contribution in [0.5, 0.6) is 0 Å². The first-order valence-electron chi connectivity index (χ1n) is 5.36. The molecule has 0 saturated carbocycles. The fourth-order valence-corrected chi connectivity index (χ4v) is 1.47. The van der Waals surface area contributed by atoms with E-state index in [1.54, 1.807) is 12.4 Å². The zero-order valence-electron chi connectivity index (χ0n) is 9.51. The van der Waals surface area contributed by atoms with E-state index in [1.165, 1.54) is 6.33 Å². The van der Waals surface area contributed by atoms with E-state index < -0.39 is 0 Å². The topological polar surface area (TPSA) is 55.6 Å². The molecule has 2 aromatic rings. The summed E-state index contributed by atoms with van der Waals surface area (Å²) in [6.45, 7) is 5.00. The Bertz CT molecular complexity index is 449. The van der Waals surface area contributed by atoms with E-state index in [9.17, 15) is 0 Å². The molecular formula is C11H15N5. The van der Waals surface area contributed by atoms with Crippen molar-refractivity contribution in [2.75, 3.05) is 11.9 Å². The Balaban J connectivity index is 2.33. The SMILES string of the molecule is CCCNc1nc(C)cn1-c1cncnc1. The summed E-state index contributed by atoms with van der Waals surface area (Å²) in [4.78, 5) is 12.4. The lowest BCUT2D eigenvalue weighted by atomic mass is 10.5. The van der Waals surface area contributed by atoms with Crippen molar-refractivity contribution in [1.29, 1.82) is 0 Å². The van der Waals surface area contributed by atoms with Gasteiger partial charge in [0.1, 0.15) is 6.33 Å². The fourth-order valence-electron chi connectivity index (χ4n) is 1.47. The lowest BCUT2D eigenvalue weighted by Crippen LogP contribution is -2.06. The molecule has 5 heteroatoms. The van der Waals surface area contributed by atoms with Crippen LogP contribution >= 0.6 is 0 Å². The highest BCUT2D eigenvalue weighted by Crippen LogP contribution is 2.14. The minimum atomic E-state index is 0.842. The summed E-state index contributed by atoms with van der Waals surface area (Å²) in [5.74, 6) is 0.842. The first kappa shape index (κ1) is 10.6. The summed E-state index contributed by atoms with van der Waals surface area (Å²) in [5, 5.41) is 3.28. The Labute approximate surface area is 94.6 Å². The van der Waals surface area contributed by atoms with E-state index in [2.05, 4.69) is 27.2 Å². The fraction of sp³-hybridized carbons (Fsp3) is 0.364.